The molecule has 1 aromatic heterocycles. The number of imidazole rings is 1. The number of nitrogens with zero attached hydrogens (tertiary/aromatic N) is 2. The quantitative estimate of drug-likeness (QED) is 0.748. The molecule has 0 unspecified atom stereocenters. The lowest BCUT2D eigenvalue weighted by Crippen LogP contribution is -2.12. The minimum absolute atomic E-state index is 0.0415. The molecule has 27 heavy (non-hydrogen) atoms. The van der Waals surface area contributed by atoms with Gasteiger partial charge in [-0.3, -0.25) is 0 Å². The van der Waals surface area contributed by atoms with Crippen LogP contribution in [0.3, 0.4) is 0 Å². The molecule has 0 spiro atoms. The van der Waals surface area contributed by atoms with Gasteiger partial charge >= 0.3 is 5.97 Å². The minimum Gasteiger partial charge on any atom is -0.478 e. The molecule has 0 saturated carbocycles. The summed E-state index contributed by atoms with van der Waals surface area (Å²) in [5.41, 5.74) is 2.84. The fourth-order valence-electron chi connectivity index (χ4n) is 3.58. The first kappa shape index (κ1) is 17.5. The topological polar surface area (TPSA) is 89.3 Å². The smallest absolute Gasteiger partial charge is 0.336 e. The first-order valence-electron chi connectivity index (χ1n) is 8.61. The number of aromatic nitrogens is 2. The van der Waals surface area contributed by atoms with Gasteiger partial charge in [0.15, 0.2) is 9.84 Å². The molecule has 0 radical (unpaired) electrons. The molecule has 2 aromatic carbocycles. The van der Waals surface area contributed by atoms with Crippen LogP contribution in [0.15, 0.2) is 60.9 Å². The maximum atomic E-state index is 12.0. The minimum atomic E-state index is -3.09. The Balaban J connectivity index is 1.95. The number of carboxylic acids is 1. The predicted octanol–water partition coefficient (Wildman–Crippen LogP) is 3.27. The van der Waals surface area contributed by atoms with Crippen molar-refractivity contribution >= 4 is 15.8 Å². The van der Waals surface area contributed by atoms with Gasteiger partial charge < -0.3 is 9.67 Å². The van der Waals surface area contributed by atoms with Crippen LogP contribution in [0.5, 0.6) is 0 Å². The lowest BCUT2D eigenvalue weighted by atomic mass is 9.99. The van der Waals surface area contributed by atoms with Crippen LogP contribution in [-0.2, 0) is 9.84 Å². The highest BCUT2D eigenvalue weighted by atomic mass is 32.2. The molecule has 1 atom stereocenters. The third-order valence-electron chi connectivity index (χ3n) is 4.86. The summed E-state index contributed by atoms with van der Waals surface area (Å²) < 4.78 is 25.8. The third-order valence-corrected chi connectivity index (χ3v) is 6.61. The second-order valence-electron chi connectivity index (χ2n) is 6.62. The van der Waals surface area contributed by atoms with Gasteiger partial charge in [-0.25, -0.2) is 18.2 Å². The van der Waals surface area contributed by atoms with Crippen LogP contribution >= 0.6 is 0 Å². The molecule has 1 saturated heterocycles. The number of carbonyl (C=O) groups is 1. The van der Waals surface area contributed by atoms with Crippen LogP contribution in [0.25, 0.3) is 22.5 Å². The van der Waals surface area contributed by atoms with E-state index in [1.165, 1.54) is 0 Å². The van der Waals surface area contributed by atoms with Crippen LogP contribution in [0.4, 0.5) is 0 Å². The molecule has 7 heteroatoms. The number of rotatable bonds is 4. The zero-order valence-electron chi connectivity index (χ0n) is 14.4. The normalized spacial score (nSPS) is 18.4. The number of sulfone groups is 1. The van der Waals surface area contributed by atoms with Gasteiger partial charge in [0.2, 0.25) is 0 Å². The predicted molar refractivity (Wildman–Crippen MR) is 102 cm³/mol. The summed E-state index contributed by atoms with van der Waals surface area (Å²) in [4.78, 5) is 16.3. The molecule has 138 valence electrons. The number of hydrogen-bond acceptors (Lipinski definition) is 4. The molecular formula is C20H18N2O4S. The standard InChI is InChI=1S/C20H18N2O4S/c23-20(24)17-9-5-4-8-16(17)19-18(14-6-2-1-3-7-14)21-13-22(19)15-10-11-27(25,26)12-15/h1-9,13,15H,10-12H2,(H,23,24)/t15-/m0/s1. The highest BCUT2D eigenvalue weighted by Crippen LogP contribution is 2.37. The Morgan fingerprint density at radius 3 is 2.44 bits per heavy atom. The number of benzene rings is 2. The van der Waals surface area contributed by atoms with Crippen molar-refractivity contribution in [3.63, 3.8) is 0 Å². The van der Waals surface area contributed by atoms with Crippen LogP contribution in [0, 0.1) is 0 Å². The van der Waals surface area contributed by atoms with Gasteiger partial charge in [0, 0.05) is 11.1 Å². The van der Waals surface area contributed by atoms with Gasteiger partial charge in [0.05, 0.1) is 40.8 Å². The fraction of sp³-hybridized carbons (Fsp3) is 0.200. The Morgan fingerprint density at radius 2 is 1.78 bits per heavy atom. The molecule has 3 aromatic rings. The summed E-state index contributed by atoms with van der Waals surface area (Å²) in [6.07, 6.45) is 2.12. The van der Waals surface area contributed by atoms with E-state index in [4.69, 9.17) is 0 Å². The summed E-state index contributed by atoms with van der Waals surface area (Å²) >= 11 is 0. The highest BCUT2D eigenvalue weighted by Gasteiger charge is 2.32. The van der Waals surface area contributed by atoms with E-state index in [0.29, 0.717) is 23.4 Å². The molecule has 0 aliphatic carbocycles. The van der Waals surface area contributed by atoms with Crippen LogP contribution in [0.2, 0.25) is 0 Å². The monoisotopic (exact) mass is 382 g/mol. The molecule has 1 aliphatic heterocycles. The van der Waals surface area contributed by atoms with E-state index in [1.807, 2.05) is 34.9 Å². The second-order valence-corrected chi connectivity index (χ2v) is 8.85. The Hall–Kier alpha value is -2.93. The molecule has 0 amide bonds. The average molecular weight is 382 g/mol. The maximum absolute atomic E-state index is 12.0. The fourth-order valence-corrected chi connectivity index (χ4v) is 5.29. The number of hydrogen-bond donors (Lipinski definition) is 1. The van der Waals surface area contributed by atoms with Crippen molar-refractivity contribution < 1.29 is 18.3 Å². The molecule has 2 heterocycles. The van der Waals surface area contributed by atoms with Gasteiger partial charge in [-0.15, -0.1) is 0 Å². The van der Waals surface area contributed by atoms with Crippen molar-refractivity contribution in [3.8, 4) is 22.5 Å². The van der Waals surface area contributed by atoms with Gasteiger partial charge in [0.25, 0.3) is 0 Å². The Kier molecular flexibility index (Phi) is 4.31. The van der Waals surface area contributed by atoms with Gasteiger partial charge in [-0.05, 0) is 12.5 Å². The van der Waals surface area contributed by atoms with E-state index in [0.717, 1.165) is 5.56 Å². The lowest BCUT2D eigenvalue weighted by molar-refractivity contribution is 0.0697. The van der Waals surface area contributed by atoms with Crippen molar-refractivity contribution in [1.82, 2.24) is 9.55 Å². The molecule has 1 aliphatic rings. The van der Waals surface area contributed by atoms with Crippen molar-refractivity contribution in [3.05, 3.63) is 66.5 Å². The van der Waals surface area contributed by atoms with Crippen molar-refractivity contribution in [2.24, 2.45) is 0 Å². The maximum Gasteiger partial charge on any atom is 0.336 e. The first-order chi connectivity index (χ1) is 13.0. The second kappa shape index (κ2) is 6.66. The van der Waals surface area contributed by atoms with Gasteiger partial charge in [-0.2, -0.15) is 0 Å². The van der Waals surface area contributed by atoms with E-state index < -0.39 is 15.8 Å². The number of carboxylic acid groups (broad SMARTS) is 1. The van der Waals surface area contributed by atoms with Crippen LogP contribution < -0.4 is 0 Å². The molecule has 6 nitrogen and oxygen atoms in total. The summed E-state index contributed by atoms with van der Waals surface area (Å²) in [6.45, 7) is 0. The van der Waals surface area contributed by atoms with E-state index in [1.54, 1.807) is 30.6 Å². The average Bonchev–Trinajstić information content (AvgIpc) is 3.25. The molecule has 1 N–H and O–H groups in total. The summed E-state index contributed by atoms with van der Waals surface area (Å²) in [7, 11) is -3.09. The van der Waals surface area contributed by atoms with E-state index >= 15 is 0 Å². The molecule has 0 bridgehead atoms. The SMILES string of the molecule is O=C(O)c1ccccc1-c1c(-c2ccccc2)ncn1[C@H]1CCS(=O)(=O)C1. The first-order valence-corrected chi connectivity index (χ1v) is 10.4. The zero-order valence-corrected chi connectivity index (χ0v) is 15.3. The Bertz CT molecular complexity index is 1100. The van der Waals surface area contributed by atoms with Crippen LogP contribution in [0.1, 0.15) is 22.8 Å². The zero-order chi connectivity index (χ0) is 19.0. The third kappa shape index (κ3) is 3.26. The molecular weight excluding hydrogens is 364 g/mol. The van der Waals surface area contributed by atoms with E-state index in [-0.39, 0.29) is 23.1 Å². The summed E-state index contributed by atoms with van der Waals surface area (Å²) in [6, 6.07) is 16.0. The summed E-state index contributed by atoms with van der Waals surface area (Å²) in [5.74, 6) is -0.854. The Labute approximate surface area is 157 Å². The molecule has 1 fully saturated rings. The largest absolute Gasteiger partial charge is 0.478 e. The van der Waals surface area contributed by atoms with Crippen molar-refractivity contribution in [2.75, 3.05) is 11.5 Å². The highest BCUT2D eigenvalue weighted by molar-refractivity contribution is 7.91. The Morgan fingerprint density at radius 1 is 1.07 bits per heavy atom. The van der Waals surface area contributed by atoms with E-state index in [9.17, 15) is 18.3 Å². The van der Waals surface area contributed by atoms with Crippen molar-refractivity contribution in [2.45, 2.75) is 12.5 Å². The molecule has 4 rings (SSSR count). The van der Waals surface area contributed by atoms with Crippen molar-refractivity contribution in [1.29, 1.82) is 0 Å². The van der Waals surface area contributed by atoms with E-state index in [2.05, 4.69) is 4.98 Å². The lowest BCUT2D eigenvalue weighted by Gasteiger charge is -2.17. The van der Waals surface area contributed by atoms with Gasteiger partial charge in [0.1, 0.15) is 0 Å². The van der Waals surface area contributed by atoms with Crippen LogP contribution in [-0.4, -0.2) is 40.6 Å². The number of aromatic carboxylic acids is 1. The summed E-state index contributed by atoms with van der Waals surface area (Å²) in [5, 5.41) is 9.64. The van der Waals surface area contributed by atoms with Gasteiger partial charge in [-0.1, -0.05) is 48.5 Å².